The van der Waals surface area contributed by atoms with Crippen molar-refractivity contribution in [3.63, 3.8) is 0 Å². The van der Waals surface area contributed by atoms with Gasteiger partial charge in [-0.2, -0.15) is 11.8 Å². The molecule has 0 spiro atoms. The van der Waals surface area contributed by atoms with E-state index < -0.39 is 0 Å². The molecule has 3 amide bonds. The van der Waals surface area contributed by atoms with E-state index in [0.29, 0.717) is 13.0 Å². The Kier molecular flexibility index (Phi) is 5.20. The zero-order chi connectivity index (χ0) is 16.9. The number of nitrogens with zero attached hydrogens (tertiary/aromatic N) is 1. The minimum Gasteiger partial charge on any atom is -0.326 e. The summed E-state index contributed by atoms with van der Waals surface area (Å²) >= 11 is 1.67. The van der Waals surface area contributed by atoms with E-state index in [1.165, 1.54) is 4.90 Å². The van der Waals surface area contributed by atoms with Crippen LogP contribution < -0.4 is 5.32 Å². The van der Waals surface area contributed by atoms with Crippen LogP contribution in [0, 0.1) is 0 Å². The van der Waals surface area contributed by atoms with Gasteiger partial charge in [-0.05, 0) is 35.1 Å². The fourth-order valence-electron chi connectivity index (χ4n) is 2.77. The Hall–Kier alpha value is -2.27. The average Bonchev–Trinajstić information content (AvgIpc) is 2.89. The molecule has 24 heavy (non-hydrogen) atoms. The maximum atomic E-state index is 12.3. The Morgan fingerprint density at radius 2 is 1.67 bits per heavy atom. The van der Waals surface area contributed by atoms with E-state index >= 15 is 0 Å². The lowest BCUT2D eigenvalue weighted by Crippen LogP contribution is -2.31. The summed E-state index contributed by atoms with van der Waals surface area (Å²) in [6.45, 7) is 0.315. The highest BCUT2D eigenvalue weighted by Gasteiger charge is 2.37. The van der Waals surface area contributed by atoms with Crippen molar-refractivity contribution in [1.82, 2.24) is 10.2 Å². The van der Waals surface area contributed by atoms with Crippen LogP contribution >= 0.6 is 11.8 Å². The van der Waals surface area contributed by atoms with Crippen LogP contribution in [-0.2, 0) is 11.3 Å². The molecule has 1 aliphatic heterocycles. The molecule has 1 unspecified atom stereocenters. The lowest BCUT2D eigenvalue weighted by atomic mass is 10.0. The predicted octanol–water partition coefficient (Wildman–Crippen LogP) is 3.53. The van der Waals surface area contributed by atoms with Gasteiger partial charge in [0.2, 0.25) is 0 Å². The van der Waals surface area contributed by atoms with Crippen molar-refractivity contribution < 1.29 is 9.59 Å². The first-order valence-electron chi connectivity index (χ1n) is 7.94. The number of hydrogen-bond acceptors (Lipinski definition) is 3. The van der Waals surface area contributed by atoms with E-state index in [2.05, 4.69) is 17.4 Å². The molecule has 2 aromatic carbocycles. The van der Waals surface area contributed by atoms with Gasteiger partial charge in [0, 0.05) is 0 Å². The zero-order valence-electron chi connectivity index (χ0n) is 13.6. The van der Waals surface area contributed by atoms with E-state index in [1.54, 1.807) is 11.8 Å². The fourth-order valence-corrected chi connectivity index (χ4v) is 3.25. The molecule has 124 valence electrons. The predicted molar refractivity (Wildman–Crippen MR) is 97.7 cm³/mol. The number of rotatable bonds is 6. The number of imide groups is 1. The van der Waals surface area contributed by atoms with Gasteiger partial charge in [0.25, 0.3) is 5.91 Å². The van der Waals surface area contributed by atoms with Crippen molar-refractivity contribution in [2.45, 2.75) is 19.0 Å². The molecule has 1 fully saturated rings. The first-order chi connectivity index (χ1) is 11.7. The van der Waals surface area contributed by atoms with E-state index in [0.717, 1.165) is 22.4 Å². The molecule has 1 aliphatic rings. The van der Waals surface area contributed by atoms with Gasteiger partial charge < -0.3 is 5.32 Å². The van der Waals surface area contributed by atoms with Crippen LogP contribution in [0.15, 0.2) is 54.6 Å². The summed E-state index contributed by atoms with van der Waals surface area (Å²) in [6.07, 6.45) is 2.67. The third kappa shape index (κ3) is 3.62. The maximum Gasteiger partial charge on any atom is 0.325 e. The first kappa shape index (κ1) is 16.6. The average molecular weight is 340 g/mol. The Labute approximate surface area is 146 Å². The number of thioether (sulfide) groups is 1. The lowest BCUT2D eigenvalue weighted by Gasteiger charge is -2.13. The molecule has 2 aromatic rings. The standard InChI is InChI=1S/C19H20N2O2S/c1-24-12-11-17-18(22)21(19(23)20-17)13-14-7-9-16(10-8-14)15-5-3-2-4-6-15/h2-10,17H,11-13H2,1H3,(H,20,23). The van der Waals surface area contributed by atoms with Crippen LogP contribution in [0.1, 0.15) is 12.0 Å². The molecule has 1 heterocycles. The minimum atomic E-state index is -0.381. The van der Waals surface area contributed by atoms with Gasteiger partial charge in [0.05, 0.1) is 6.54 Å². The maximum absolute atomic E-state index is 12.3. The van der Waals surface area contributed by atoms with Crippen LogP contribution in [0.4, 0.5) is 4.79 Å². The number of amides is 3. The normalized spacial score (nSPS) is 17.2. The summed E-state index contributed by atoms with van der Waals surface area (Å²) in [5.41, 5.74) is 3.22. The smallest absolute Gasteiger partial charge is 0.325 e. The molecule has 1 N–H and O–H groups in total. The van der Waals surface area contributed by atoms with Gasteiger partial charge in [-0.1, -0.05) is 54.6 Å². The van der Waals surface area contributed by atoms with Crippen LogP contribution in [0.3, 0.4) is 0 Å². The first-order valence-corrected chi connectivity index (χ1v) is 9.33. The summed E-state index contributed by atoms with van der Waals surface area (Å²) in [5.74, 6) is 0.734. The van der Waals surface area contributed by atoms with Crippen LogP contribution in [0.25, 0.3) is 11.1 Å². The second-order valence-corrected chi connectivity index (χ2v) is 6.76. The summed E-state index contributed by atoms with van der Waals surface area (Å²) in [6, 6.07) is 17.4. The molecule has 3 rings (SSSR count). The van der Waals surface area contributed by atoms with Crippen molar-refractivity contribution in [3.05, 3.63) is 60.2 Å². The topological polar surface area (TPSA) is 49.4 Å². The largest absolute Gasteiger partial charge is 0.326 e. The van der Waals surface area contributed by atoms with Gasteiger partial charge in [-0.3, -0.25) is 9.69 Å². The highest BCUT2D eigenvalue weighted by Crippen LogP contribution is 2.21. The molecule has 0 aliphatic carbocycles. The zero-order valence-corrected chi connectivity index (χ0v) is 14.4. The molecule has 1 atom stereocenters. The van der Waals surface area contributed by atoms with Gasteiger partial charge in [0.1, 0.15) is 6.04 Å². The molecule has 0 radical (unpaired) electrons. The number of urea groups is 1. The molecule has 4 nitrogen and oxygen atoms in total. The number of carbonyl (C=O) groups is 2. The fraction of sp³-hybridized carbons (Fsp3) is 0.263. The van der Waals surface area contributed by atoms with E-state index in [9.17, 15) is 9.59 Å². The Morgan fingerprint density at radius 1 is 1.00 bits per heavy atom. The molecule has 0 aromatic heterocycles. The second-order valence-electron chi connectivity index (χ2n) is 5.77. The molecular formula is C19H20N2O2S. The van der Waals surface area contributed by atoms with Crippen molar-refractivity contribution in [2.75, 3.05) is 12.0 Å². The number of carbonyl (C=O) groups excluding carboxylic acids is 2. The molecular weight excluding hydrogens is 320 g/mol. The second kappa shape index (κ2) is 7.53. The van der Waals surface area contributed by atoms with Crippen LogP contribution in [-0.4, -0.2) is 34.9 Å². The van der Waals surface area contributed by atoms with Crippen molar-refractivity contribution >= 4 is 23.7 Å². The SMILES string of the molecule is CSCCC1NC(=O)N(Cc2ccc(-c3ccccc3)cc2)C1=O. The molecule has 0 bridgehead atoms. The number of benzene rings is 2. The summed E-state index contributed by atoms with van der Waals surface area (Å²) in [5, 5.41) is 2.77. The van der Waals surface area contributed by atoms with Crippen LogP contribution in [0.5, 0.6) is 0 Å². The molecule has 5 heteroatoms. The number of hydrogen-bond donors (Lipinski definition) is 1. The minimum absolute atomic E-state index is 0.124. The summed E-state index contributed by atoms with van der Waals surface area (Å²) in [4.78, 5) is 25.7. The van der Waals surface area contributed by atoms with Crippen LogP contribution in [0.2, 0.25) is 0 Å². The lowest BCUT2D eigenvalue weighted by molar-refractivity contribution is -0.127. The summed E-state index contributed by atoms with van der Waals surface area (Å²) in [7, 11) is 0. The van der Waals surface area contributed by atoms with Crippen molar-refractivity contribution in [1.29, 1.82) is 0 Å². The van der Waals surface area contributed by atoms with Gasteiger partial charge in [-0.15, -0.1) is 0 Å². The van der Waals surface area contributed by atoms with Gasteiger partial charge in [0.15, 0.2) is 0 Å². The van der Waals surface area contributed by atoms with E-state index in [4.69, 9.17) is 0 Å². The third-order valence-corrected chi connectivity index (χ3v) is 4.76. The Morgan fingerprint density at radius 3 is 2.33 bits per heavy atom. The molecule has 1 saturated heterocycles. The Bertz CT molecular complexity index is 716. The highest BCUT2D eigenvalue weighted by molar-refractivity contribution is 7.98. The van der Waals surface area contributed by atoms with Gasteiger partial charge in [-0.25, -0.2) is 4.79 Å². The quantitative estimate of drug-likeness (QED) is 0.819. The third-order valence-electron chi connectivity index (χ3n) is 4.12. The van der Waals surface area contributed by atoms with Crippen molar-refractivity contribution in [2.24, 2.45) is 0 Å². The molecule has 0 saturated carbocycles. The Balaban J connectivity index is 1.68. The summed E-state index contributed by atoms with van der Waals surface area (Å²) < 4.78 is 0. The van der Waals surface area contributed by atoms with Crippen molar-refractivity contribution in [3.8, 4) is 11.1 Å². The van der Waals surface area contributed by atoms with E-state index in [-0.39, 0.29) is 18.0 Å². The highest BCUT2D eigenvalue weighted by atomic mass is 32.2. The number of nitrogens with one attached hydrogen (secondary N) is 1. The van der Waals surface area contributed by atoms with E-state index in [1.807, 2.05) is 48.7 Å². The monoisotopic (exact) mass is 340 g/mol. The van der Waals surface area contributed by atoms with Gasteiger partial charge >= 0.3 is 6.03 Å².